The molecular weight excluding hydrogens is 590 g/mol. The molecule has 3 fully saturated rings. The van der Waals surface area contributed by atoms with Crippen LogP contribution < -0.4 is 9.80 Å². The number of nitrogens with zero attached hydrogens (tertiary/aromatic N) is 3. The van der Waals surface area contributed by atoms with Crippen molar-refractivity contribution in [2.75, 3.05) is 42.6 Å². The molecule has 9 nitrogen and oxygen atoms in total. The van der Waals surface area contributed by atoms with Crippen LogP contribution in [0.5, 0.6) is 0 Å². The second kappa shape index (κ2) is 12.8. The summed E-state index contributed by atoms with van der Waals surface area (Å²) in [5.41, 5.74) is 0.498. The number of benzene rings is 1. The Morgan fingerprint density at radius 2 is 1.85 bits per heavy atom. The normalized spacial score (nSPS) is 29.0. The van der Waals surface area contributed by atoms with E-state index in [0.29, 0.717) is 18.5 Å². The third kappa shape index (κ3) is 5.43. The van der Waals surface area contributed by atoms with Gasteiger partial charge in [-0.3, -0.25) is 14.4 Å². The van der Waals surface area contributed by atoms with Crippen LogP contribution in [0.3, 0.4) is 0 Å². The summed E-state index contributed by atoms with van der Waals surface area (Å²) in [6.45, 7) is 15.7. The first-order valence-corrected chi connectivity index (χ1v) is 15.7. The van der Waals surface area contributed by atoms with Crippen LogP contribution in [0.2, 0.25) is 0 Å². The summed E-state index contributed by atoms with van der Waals surface area (Å²) < 4.78 is 12.0. The smallest absolute Gasteiger partial charge is 0.312 e. The molecule has 0 aromatic heterocycles. The third-order valence-corrected chi connectivity index (χ3v) is 9.58. The first-order chi connectivity index (χ1) is 19.6. The maximum absolute atomic E-state index is 14.7. The summed E-state index contributed by atoms with van der Waals surface area (Å²) in [5.74, 6) is -2.68. The van der Waals surface area contributed by atoms with E-state index in [1.54, 1.807) is 17.9 Å². The van der Waals surface area contributed by atoms with E-state index in [-0.39, 0.29) is 42.3 Å². The molecule has 0 aliphatic carbocycles. The number of halogens is 1. The van der Waals surface area contributed by atoms with Crippen molar-refractivity contribution < 1.29 is 29.0 Å². The van der Waals surface area contributed by atoms with Crippen molar-refractivity contribution in [2.45, 2.75) is 76.1 Å². The molecule has 226 valence electrons. The summed E-state index contributed by atoms with van der Waals surface area (Å²) >= 11 is 3.69. The van der Waals surface area contributed by atoms with Crippen LogP contribution in [0.25, 0.3) is 0 Å². The quantitative estimate of drug-likeness (QED) is 0.201. The molecule has 3 unspecified atom stereocenters. The van der Waals surface area contributed by atoms with Gasteiger partial charge in [0, 0.05) is 35.8 Å². The number of alkyl halides is 1. The van der Waals surface area contributed by atoms with Gasteiger partial charge in [0.1, 0.15) is 11.6 Å². The topological polar surface area (TPSA) is 99.6 Å². The summed E-state index contributed by atoms with van der Waals surface area (Å²) in [7, 11) is 0. The summed E-state index contributed by atoms with van der Waals surface area (Å²) in [5, 5.41) is 10.5. The lowest BCUT2D eigenvalue weighted by atomic mass is 9.70. The van der Waals surface area contributed by atoms with Crippen LogP contribution in [0.4, 0.5) is 11.4 Å². The third-order valence-electron chi connectivity index (χ3n) is 8.74. The maximum atomic E-state index is 14.7. The number of hydrogen-bond acceptors (Lipinski definition) is 7. The number of carbonyl (C=O) groups excluding carboxylic acids is 3. The second-order valence-corrected chi connectivity index (χ2v) is 12.7. The molecule has 0 saturated carbocycles. The molecule has 7 atom stereocenters. The van der Waals surface area contributed by atoms with E-state index >= 15 is 0 Å². The van der Waals surface area contributed by atoms with E-state index in [0.717, 1.165) is 18.8 Å². The Balaban J connectivity index is 1.81. The Labute approximate surface area is 252 Å². The molecule has 1 aromatic carbocycles. The van der Waals surface area contributed by atoms with Gasteiger partial charge < -0.3 is 29.3 Å². The molecule has 1 N–H and O–H groups in total. The van der Waals surface area contributed by atoms with E-state index in [2.05, 4.69) is 41.3 Å². The first-order valence-electron chi connectivity index (χ1n) is 14.8. The predicted molar refractivity (Wildman–Crippen MR) is 162 cm³/mol. The number of esters is 1. The lowest BCUT2D eigenvalue weighted by Crippen LogP contribution is -2.59. The Hall–Kier alpha value is -2.43. The van der Waals surface area contributed by atoms with Crippen LogP contribution in [-0.4, -0.2) is 89.3 Å². The van der Waals surface area contributed by atoms with Gasteiger partial charge in [0.15, 0.2) is 0 Å². The largest absolute Gasteiger partial charge is 0.466 e. The maximum Gasteiger partial charge on any atom is 0.312 e. The number of anilines is 2. The number of rotatable bonds is 13. The number of likely N-dealkylation sites (tertiary alicyclic amines) is 1. The van der Waals surface area contributed by atoms with E-state index in [1.165, 1.54) is 4.90 Å². The molecule has 1 aromatic rings. The molecule has 10 heteroatoms. The molecular formula is C31H44BrN3O6. The first kappa shape index (κ1) is 31.5. The summed E-state index contributed by atoms with van der Waals surface area (Å²) in [4.78, 5) is 47.4. The highest BCUT2D eigenvalue weighted by molar-refractivity contribution is 9.09. The summed E-state index contributed by atoms with van der Waals surface area (Å²) in [6.07, 6.45) is 1.96. The predicted octanol–water partition coefficient (Wildman–Crippen LogP) is 3.77. The molecule has 4 rings (SSSR count). The van der Waals surface area contributed by atoms with Crippen molar-refractivity contribution in [1.82, 2.24) is 4.90 Å². The van der Waals surface area contributed by atoms with Gasteiger partial charge in [-0.25, -0.2) is 0 Å². The highest BCUT2D eigenvalue weighted by Gasteiger charge is 2.77. The van der Waals surface area contributed by atoms with Crippen LogP contribution in [0.15, 0.2) is 36.9 Å². The molecule has 2 bridgehead atoms. The molecule has 3 heterocycles. The van der Waals surface area contributed by atoms with Gasteiger partial charge in [0.05, 0.1) is 37.2 Å². The number of aliphatic hydroxyl groups excluding tert-OH is 1. The fraction of sp³-hybridized carbons (Fsp3) is 0.645. The lowest BCUT2D eigenvalue weighted by Gasteiger charge is -2.40. The molecule has 3 saturated heterocycles. The van der Waals surface area contributed by atoms with Gasteiger partial charge in [-0.05, 0) is 63.8 Å². The molecule has 3 aliphatic heterocycles. The van der Waals surface area contributed by atoms with Crippen molar-refractivity contribution in [3.05, 3.63) is 36.9 Å². The Morgan fingerprint density at radius 3 is 2.39 bits per heavy atom. The van der Waals surface area contributed by atoms with Crippen LogP contribution in [0, 0.1) is 17.8 Å². The van der Waals surface area contributed by atoms with E-state index in [9.17, 15) is 19.5 Å². The zero-order chi connectivity index (χ0) is 30.1. The number of carbonyl (C=O) groups is 3. The molecule has 3 aliphatic rings. The van der Waals surface area contributed by atoms with Crippen molar-refractivity contribution in [3.8, 4) is 0 Å². The second-order valence-electron chi connectivity index (χ2n) is 11.6. The minimum absolute atomic E-state index is 0.160. The SMILES string of the molecule is C=CCN(C(=O)C1N([C@@H](CO)CC(C)C)C(=O)[C@@H]2[C@H](C(=O)OCC)[C@H]3OC12CC3Br)c1ccc(N(CC)CC)cc1. The van der Waals surface area contributed by atoms with Crippen LogP contribution >= 0.6 is 15.9 Å². The van der Waals surface area contributed by atoms with Crippen molar-refractivity contribution >= 4 is 45.1 Å². The van der Waals surface area contributed by atoms with Crippen LogP contribution in [0.1, 0.15) is 47.5 Å². The van der Waals surface area contributed by atoms with Crippen molar-refractivity contribution in [3.63, 3.8) is 0 Å². The zero-order valence-electron chi connectivity index (χ0n) is 24.8. The van der Waals surface area contributed by atoms with E-state index in [4.69, 9.17) is 9.47 Å². The number of hydrogen-bond donors (Lipinski definition) is 1. The molecule has 2 amide bonds. The zero-order valence-corrected chi connectivity index (χ0v) is 26.4. The van der Waals surface area contributed by atoms with E-state index < -0.39 is 41.6 Å². The fourth-order valence-corrected chi connectivity index (χ4v) is 8.04. The van der Waals surface area contributed by atoms with Gasteiger partial charge in [0.2, 0.25) is 5.91 Å². The van der Waals surface area contributed by atoms with Gasteiger partial charge >= 0.3 is 5.97 Å². The van der Waals surface area contributed by atoms with Gasteiger partial charge in [-0.15, -0.1) is 6.58 Å². The lowest BCUT2D eigenvalue weighted by molar-refractivity contribution is -0.155. The van der Waals surface area contributed by atoms with E-state index in [1.807, 2.05) is 38.1 Å². The minimum atomic E-state index is -1.23. The van der Waals surface area contributed by atoms with Gasteiger partial charge in [0.25, 0.3) is 5.91 Å². The minimum Gasteiger partial charge on any atom is -0.466 e. The average Bonchev–Trinajstić information content (AvgIpc) is 3.54. The highest BCUT2D eigenvalue weighted by Crippen LogP contribution is 2.61. The molecule has 1 spiro atoms. The Morgan fingerprint density at radius 1 is 1.22 bits per heavy atom. The summed E-state index contributed by atoms with van der Waals surface area (Å²) in [6, 6.07) is 6.16. The van der Waals surface area contributed by atoms with Crippen molar-refractivity contribution in [1.29, 1.82) is 0 Å². The number of amides is 2. The monoisotopic (exact) mass is 633 g/mol. The van der Waals surface area contributed by atoms with Gasteiger partial charge in [-0.2, -0.15) is 0 Å². The molecule has 41 heavy (non-hydrogen) atoms. The molecule has 0 radical (unpaired) electrons. The number of fused-ring (bicyclic) bond motifs is 1. The average molecular weight is 635 g/mol. The van der Waals surface area contributed by atoms with Crippen LogP contribution in [-0.2, 0) is 23.9 Å². The number of aliphatic hydroxyl groups is 1. The Kier molecular flexibility index (Phi) is 9.86. The number of ether oxygens (including phenoxy) is 2. The van der Waals surface area contributed by atoms with Crippen molar-refractivity contribution in [2.24, 2.45) is 17.8 Å². The fourth-order valence-electron chi connectivity index (χ4n) is 7.10. The standard InChI is InChI=1S/C31H44BrN3O6/c1-7-15-34(21-13-11-20(12-14-21)33(8-2)9-3)29(38)27-31-17-23(32)26(41-31)24(30(39)40-10-4)25(31)28(37)35(27)22(18-36)16-19(5)6/h7,11-14,19,22-27,36H,1,8-10,15-18H2,2-6H3/t22-,23?,24+,25+,26+,27?,31?/m1/s1. The Bertz CT molecular complexity index is 1130. The van der Waals surface area contributed by atoms with Gasteiger partial charge in [-0.1, -0.05) is 35.9 Å². The highest BCUT2D eigenvalue weighted by atomic mass is 79.9.